The minimum Gasteiger partial charge on any atom is -0.399 e. The number of alkyl halides is 3. The number of halogens is 3. The highest BCUT2D eigenvalue weighted by Crippen LogP contribution is 2.29. The molecule has 154 valence electrons. The second-order valence-corrected chi connectivity index (χ2v) is 6.74. The zero-order valence-electron chi connectivity index (χ0n) is 15.9. The number of hydrogen-bond acceptors (Lipinski definition) is 3. The Kier molecular flexibility index (Phi) is 6.20. The number of hydrogen-bond donors (Lipinski definition) is 2. The molecular formula is C23H19F3N2O2. The molecule has 0 atom stereocenters. The number of aryl methyl sites for hydroxylation is 1. The Bertz CT molecular complexity index is 1050. The number of anilines is 2. The van der Waals surface area contributed by atoms with Crippen LogP contribution in [0.3, 0.4) is 0 Å². The van der Waals surface area contributed by atoms with E-state index in [0.717, 1.165) is 12.1 Å². The summed E-state index contributed by atoms with van der Waals surface area (Å²) in [6.45, 7) is 0. The number of carbonyl (C=O) groups is 2. The van der Waals surface area contributed by atoms with Gasteiger partial charge in [0.05, 0.1) is 11.3 Å². The molecule has 0 heterocycles. The van der Waals surface area contributed by atoms with Crippen molar-refractivity contribution in [3.05, 3.63) is 95.1 Å². The molecule has 3 N–H and O–H groups in total. The topological polar surface area (TPSA) is 72.2 Å². The molecular weight excluding hydrogens is 393 g/mol. The van der Waals surface area contributed by atoms with Crippen LogP contribution in [0.1, 0.15) is 33.5 Å². The molecule has 0 radical (unpaired) electrons. The highest BCUT2D eigenvalue weighted by atomic mass is 19.4. The van der Waals surface area contributed by atoms with Crippen molar-refractivity contribution in [2.45, 2.75) is 19.0 Å². The lowest BCUT2D eigenvalue weighted by Crippen LogP contribution is -2.16. The first-order valence-electron chi connectivity index (χ1n) is 9.19. The van der Waals surface area contributed by atoms with Crippen LogP contribution in [0, 0.1) is 0 Å². The Balaban J connectivity index is 1.69. The van der Waals surface area contributed by atoms with Gasteiger partial charge in [-0.2, -0.15) is 13.2 Å². The van der Waals surface area contributed by atoms with E-state index in [1.165, 1.54) is 18.2 Å². The maximum atomic E-state index is 12.8. The fourth-order valence-corrected chi connectivity index (χ4v) is 2.93. The molecule has 0 aliphatic carbocycles. The maximum absolute atomic E-state index is 12.8. The largest absolute Gasteiger partial charge is 0.416 e. The summed E-state index contributed by atoms with van der Waals surface area (Å²) in [5.41, 5.74) is 7.12. The predicted octanol–water partition coefficient (Wildman–Crippen LogP) is 5.09. The van der Waals surface area contributed by atoms with E-state index in [2.05, 4.69) is 5.32 Å². The van der Waals surface area contributed by atoms with E-state index in [4.69, 9.17) is 5.73 Å². The van der Waals surface area contributed by atoms with E-state index < -0.39 is 11.7 Å². The van der Waals surface area contributed by atoms with Gasteiger partial charge in [0.2, 0.25) is 5.91 Å². The second-order valence-electron chi connectivity index (χ2n) is 6.74. The monoisotopic (exact) mass is 412 g/mol. The van der Waals surface area contributed by atoms with Crippen molar-refractivity contribution >= 4 is 23.1 Å². The SMILES string of the molecule is Nc1ccc(NC(=O)CCc2ccc(C(F)(F)F)cc2)c(C(=O)c2ccccc2)c1. The number of ketones is 1. The normalized spacial score (nSPS) is 11.2. The average Bonchev–Trinajstić information content (AvgIpc) is 2.73. The third kappa shape index (κ3) is 5.26. The molecule has 0 bridgehead atoms. The Labute approximate surface area is 171 Å². The van der Waals surface area contributed by atoms with Gasteiger partial charge in [0, 0.05) is 23.2 Å². The van der Waals surface area contributed by atoms with Crippen LogP contribution in [0.15, 0.2) is 72.8 Å². The number of carbonyl (C=O) groups excluding carboxylic acids is 2. The summed E-state index contributed by atoms with van der Waals surface area (Å²) in [4.78, 5) is 25.2. The third-order valence-electron chi connectivity index (χ3n) is 4.52. The highest BCUT2D eigenvalue weighted by Gasteiger charge is 2.29. The molecule has 7 heteroatoms. The van der Waals surface area contributed by atoms with Crippen molar-refractivity contribution in [3.8, 4) is 0 Å². The molecule has 0 fully saturated rings. The molecule has 3 rings (SSSR count). The van der Waals surface area contributed by atoms with Gasteiger partial charge in [0.1, 0.15) is 0 Å². The van der Waals surface area contributed by atoms with Crippen molar-refractivity contribution in [1.82, 2.24) is 0 Å². The first kappa shape index (κ1) is 21.1. The van der Waals surface area contributed by atoms with Crippen LogP contribution in [0.5, 0.6) is 0 Å². The van der Waals surface area contributed by atoms with Crippen LogP contribution >= 0.6 is 0 Å². The lowest BCUT2D eigenvalue weighted by Gasteiger charge is -2.12. The quantitative estimate of drug-likeness (QED) is 0.438. The van der Waals surface area contributed by atoms with Gasteiger partial charge < -0.3 is 11.1 Å². The summed E-state index contributed by atoms with van der Waals surface area (Å²) < 4.78 is 37.9. The summed E-state index contributed by atoms with van der Waals surface area (Å²) >= 11 is 0. The zero-order valence-corrected chi connectivity index (χ0v) is 15.9. The van der Waals surface area contributed by atoms with E-state index >= 15 is 0 Å². The van der Waals surface area contributed by atoms with Crippen LogP contribution in [0.2, 0.25) is 0 Å². The molecule has 0 saturated heterocycles. The summed E-state index contributed by atoms with van der Waals surface area (Å²) in [6, 6.07) is 17.9. The number of nitrogens with one attached hydrogen (secondary N) is 1. The summed E-state index contributed by atoms with van der Waals surface area (Å²) in [5.74, 6) is -0.636. The van der Waals surface area contributed by atoms with Crippen molar-refractivity contribution < 1.29 is 22.8 Å². The van der Waals surface area contributed by atoms with Crippen molar-refractivity contribution in [1.29, 1.82) is 0 Å². The molecule has 3 aromatic rings. The van der Waals surface area contributed by atoms with Crippen LogP contribution < -0.4 is 11.1 Å². The van der Waals surface area contributed by atoms with Crippen LogP contribution in [0.25, 0.3) is 0 Å². The molecule has 0 aliphatic rings. The van der Waals surface area contributed by atoms with E-state index in [1.54, 1.807) is 42.5 Å². The first-order valence-corrected chi connectivity index (χ1v) is 9.19. The molecule has 0 unspecified atom stereocenters. The Morgan fingerprint density at radius 1 is 0.900 bits per heavy atom. The third-order valence-corrected chi connectivity index (χ3v) is 4.52. The lowest BCUT2D eigenvalue weighted by molar-refractivity contribution is -0.137. The minimum absolute atomic E-state index is 0.0503. The summed E-state index contributed by atoms with van der Waals surface area (Å²) in [5, 5.41) is 2.70. The van der Waals surface area contributed by atoms with Gasteiger partial charge in [-0.15, -0.1) is 0 Å². The number of benzene rings is 3. The number of rotatable bonds is 6. The molecule has 0 aromatic heterocycles. The fraction of sp³-hybridized carbons (Fsp3) is 0.130. The van der Waals surface area contributed by atoms with Gasteiger partial charge >= 0.3 is 6.18 Å². The molecule has 0 saturated carbocycles. The van der Waals surface area contributed by atoms with Crippen molar-refractivity contribution in [3.63, 3.8) is 0 Å². The smallest absolute Gasteiger partial charge is 0.399 e. The molecule has 3 aromatic carbocycles. The van der Waals surface area contributed by atoms with Gasteiger partial charge in [-0.25, -0.2) is 0 Å². The van der Waals surface area contributed by atoms with Gasteiger partial charge in [0.15, 0.2) is 5.78 Å². The van der Waals surface area contributed by atoms with Crippen molar-refractivity contribution in [2.24, 2.45) is 0 Å². The molecule has 0 spiro atoms. The summed E-state index contributed by atoms with van der Waals surface area (Å²) in [6.07, 6.45) is -4.08. The number of nitrogens with two attached hydrogens (primary N) is 1. The summed E-state index contributed by atoms with van der Waals surface area (Å²) in [7, 11) is 0. The van der Waals surface area contributed by atoms with E-state index in [0.29, 0.717) is 22.5 Å². The average molecular weight is 412 g/mol. The minimum atomic E-state index is -4.40. The van der Waals surface area contributed by atoms with E-state index in [1.807, 2.05) is 0 Å². The highest BCUT2D eigenvalue weighted by molar-refractivity contribution is 6.14. The lowest BCUT2D eigenvalue weighted by atomic mass is 10.0. The van der Waals surface area contributed by atoms with Crippen LogP contribution in [-0.4, -0.2) is 11.7 Å². The van der Waals surface area contributed by atoms with E-state index in [-0.39, 0.29) is 30.1 Å². The first-order chi connectivity index (χ1) is 14.2. The standard InChI is InChI=1S/C23H19F3N2O2/c24-23(25,26)17-9-6-15(7-10-17)8-13-21(29)28-20-12-11-18(27)14-19(20)22(30)16-4-2-1-3-5-16/h1-7,9-12,14H,8,13,27H2,(H,28,29). The Morgan fingerprint density at radius 2 is 1.57 bits per heavy atom. The van der Waals surface area contributed by atoms with Gasteiger partial charge in [-0.3, -0.25) is 9.59 Å². The van der Waals surface area contributed by atoms with Gasteiger partial charge in [-0.1, -0.05) is 42.5 Å². The zero-order chi connectivity index (χ0) is 21.7. The maximum Gasteiger partial charge on any atom is 0.416 e. The predicted molar refractivity (Wildman–Crippen MR) is 109 cm³/mol. The second kappa shape index (κ2) is 8.82. The van der Waals surface area contributed by atoms with Gasteiger partial charge in [0.25, 0.3) is 0 Å². The van der Waals surface area contributed by atoms with Gasteiger partial charge in [-0.05, 0) is 42.3 Å². The van der Waals surface area contributed by atoms with Crippen LogP contribution in [0.4, 0.5) is 24.5 Å². The molecule has 4 nitrogen and oxygen atoms in total. The molecule has 0 aliphatic heterocycles. The molecule has 30 heavy (non-hydrogen) atoms. The van der Waals surface area contributed by atoms with E-state index in [9.17, 15) is 22.8 Å². The fourth-order valence-electron chi connectivity index (χ4n) is 2.93. The van der Waals surface area contributed by atoms with Crippen LogP contribution in [-0.2, 0) is 17.4 Å². The Morgan fingerprint density at radius 3 is 2.20 bits per heavy atom. The Hall–Kier alpha value is -3.61. The number of amides is 1. The van der Waals surface area contributed by atoms with Crippen molar-refractivity contribution in [2.75, 3.05) is 11.1 Å². The molecule has 1 amide bonds. The number of nitrogen functional groups attached to an aromatic ring is 1.